The summed E-state index contributed by atoms with van der Waals surface area (Å²) in [6.07, 6.45) is 6.78. The zero-order chi connectivity index (χ0) is 14.5. The predicted molar refractivity (Wildman–Crippen MR) is 80.8 cm³/mol. The van der Waals surface area contributed by atoms with Crippen molar-refractivity contribution in [1.29, 1.82) is 0 Å². The molecule has 0 spiro atoms. The molecule has 2 rings (SSSR count). The molecule has 0 radical (unpaired) electrons. The molecule has 1 saturated carbocycles. The minimum absolute atomic E-state index is 0.234. The molecule has 0 aromatic heterocycles. The molecule has 0 amide bonds. The third kappa shape index (κ3) is 3.78. The quantitative estimate of drug-likeness (QED) is 0.757. The van der Waals surface area contributed by atoms with Crippen LogP contribution in [0.2, 0.25) is 0 Å². The van der Waals surface area contributed by atoms with Gasteiger partial charge in [-0.3, -0.25) is 9.59 Å². The lowest BCUT2D eigenvalue weighted by atomic mass is 9.78. The first-order valence-corrected chi connectivity index (χ1v) is 7.72. The highest BCUT2D eigenvalue weighted by Crippen LogP contribution is 2.36. The first-order valence-electron chi connectivity index (χ1n) is 7.72. The molecule has 1 fully saturated rings. The van der Waals surface area contributed by atoms with Crippen LogP contribution in [0.3, 0.4) is 0 Å². The first-order chi connectivity index (χ1) is 9.60. The number of ketones is 2. The molecule has 0 atom stereocenters. The Hall–Kier alpha value is -1.44. The second kappa shape index (κ2) is 6.83. The number of rotatable bonds is 5. The van der Waals surface area contributed by atoms with E-state index in [1.807, 2.05) is 12.1 Å². The molecule has 1 aliphatic rings. The Morgan fingerprint density at radius 2 is 1.65 bits per heavy atom. The second-order valence-electron chi connectivity index (χ2n) is 6.02. The molecule has 2 heteroatoms. The molecule has 0 saturated heterocycles. The summed E-state index contributed by atoms with van der Waals surface area (Å²) < 4.78 is 0. The molecule has 1 aromatic rings. The smallest absolute Gasteiger partial charge is 0.202 e. The molecule has 108 valence electrons. The Morgan fingerprint density at radius 3 is 2.15 bits per heavy atom. The molecular formula is C18H24O2. The largest absolute Gasteiger partial charge is 0.291 e. The van der Waals surface area contributed by atoms with Gasteiger partial charge in [0.1, 0.15) is 0 Å². The van der Waals surface area contributed by atoms with Gasteiger partial charge in [0.05, 0.1) is 0 Å². The van der Waals surface area contributed by atoms with Crippen LogP contribution in [-0.2, 0) is 16.0 Å². The summed E-state index contributed by atoms with van der Waals surface area (Å²) >= 11 is 0. The maximum atomic E-state index is 11.4. The van der Waals surface area contributed by atoms with Gasteiger partial charge >= 0.3 is 0 Å². The van der Waals surface area contributed by atoms with Crippen LogP contribution >= 0.6 is 0 Å². The van der Waals surface area contributed by atoms with E-state index in [1.54, 1.807) is 0 Å². The van der Waals surface area contributed by atoms with E-state index in [1.165, 1.54) is 44.6 Å². The third-order valence-corrected chi connectivity index (χ3v) is 4.63. The van der Waals surface area contributed by atoms with Crippen LogP contribution in [0.15, 0.2) is 24.3 Å². The Kier molecular flexibility index (Phi) is 5.11. The number of hydrogen-bond donors (Lipinski definition) is 0. The standard InChI is InChI=1S/C18H24O2/c1-3-14-4-8-16(9-5-14)17-10-6-15(7-11-17)12-18(20)13(2)19/h6-7,10-11,14,16H,3-5,8-9,12H2,1-2H3. The zero-order valence-electron chi connectivity index (χ0n) is 12.5. The summed E-state index contributed by atoms with van der Waals surface area (Å²) in [6, 6.07) is 8.28. The monoisotopic (exact) mass is 272 g/mol. The van der Waals surface area contributed by atoms with Crippen LogP contribution in [0.25, 0.3) is 0 Å². The lowest BCUT2D eigenvalue weighted by Gasteiger charge is -2.28. The van der Waals surface area contributed by atoms with Crippen molar-refractivity contribution in [3.63, 3.8) is 0 Å². The van der Waals surface area contributed by atoms with Crippen molar-refractivity contribution in [3.8, 4) is 0 Å². The van der Waals surface area contributed by atoms with Crippen LogP contribution in [0.1, 0.15) is 63.0 Å². The maximum absolute atomic E-state index is 11.4. The highest BCUT2D eigenvalue weighted by molar-refractivity contribution is 6.36. The lowest BCUT2D eigenvalue weighted by molar-refractivity contribution is -0.134. The van der Waals surface area contributed by atoms with Gasteiger partial charge in [-0.1, -0.05) is 37.6 Å². The summed E-state index contributed by atoms with van der Waals surface area (Å²) in [4.78, 5) is 22.4. The van der Waals surface area contributed by atoms with Crippen molar-refractivity contribution in [2.75, 3.05) is 0 Å². The fourth-order valence-corrected chi connectivity index (χ4v) is 3.12. The Labute approximate surface area is 121 Å². The summed E-state index contributed by atoms with van der Waals surface area (Å²) in [7, 11) is 0. The molecule has 0 heterocycles. The van der Waals surface area contributed by atoms with Gasteiger partial charge in [0, 0.05) is 13.3 Å². The summed E-state index contributed by atoms with van der Waals surface area (Å²) in [5.74, 6) is 0.933. The van der Waals surface area contributed by atoms with E-state index in [0.717, 1.165) is 11.5 Å². The van der Waals surface area contributed by atoms with E-state index in [9.17, 15) is 9.59 Å². The Morgan fingerprint density at radius 1 is 1.05 bits per heavy atom. The number of carbonyl (C=O) groups is 2. The average molecular weight is 272 g/mol. The van der Waals surface area contributed by atoms with Gasteiger partial charge in [-0.25, -0.2) is 0 Å². The highest BCUT2D eigenvalue weighted by Gasteiger charge is 2.21. The van der Waals surface area contributed by atoms with Gasteiger partial charge in [-0.05, 0) is 48.6 Å². The highest BCUT2D eigenvalue weighted by atomic mass is 16.2. The van der Waals surface area contributed by atoms with E-state index in [0.29, 0.717) is 5.92 Å². The molecular weight excluding hydrogens is 248 g/mol. The maximum Gasteiger partial charge on any atom is 0.202 e. The molecule has 0 unspecified atom stereocenters. The van der Waals surface area contributed by atoms with Gasteiger partial charge in [0.25, 0.3) is 0 Å². The summed E-state index contributed by atoms with van der Waals surface area (Å²) in [6.45, 7) is 3.62. The topological polar surface area (TPSA) is 34.1 Å². The minimum atomic E-state index is -0.355. The predicted octanol–water partition coefficient (Wildman–Crippen LogP) is 4.07. The van der Waals surface area contributed by atoms with E-state index >= 15 is 0 Å². The van der Waals surface area contributed by atoms with Gasteiger partial charge in [-0.15, -0.1) is 0 Å². The lowest BCUT2D eigenvalue weighted by Crippen LogP contribution is -2.13. The van der Waals surface area contributed by atoms with Gasteiger partial charge in [-0.2, -0.15) is 0 Å². The molecule has 20 heavy (non-hydrogen) atoms. The van der Waals surface area contributed by atoms with E-state index < -0.39 is 0 Å². The van der Waals surface area contributed by atoms with Crippen molar-refractivity contribution in [2.45, 2.75) is 58.3 Å². The molecule has 1 aromatic carbocycles. The van der Waals surface area contributed by atoms with E-state index in [-0.39, 0.29) is 18.0 Å². The number of hydrogen-bond acceptors (Lipinski definition) is 2. The molecule has 0 aliphatic heterocycles. The van der Waals surface area contributed by atoms with E-state index in [4.69, 9.17) is 0 Å². The molecule has 0 N–H and O–H groups in total. The Bertz CT molecular complexity index is 465. The van der Waals surface area contributed by atoms with Crippen LogP contribution in [0.4, 0.5) is 0 Å². The van der Waals surface area contributed by atoms with Gasteiger partial charge in [0.2, 0.25) is 5.78 Å². The Balaban J connectivity index is 1.95. The van der Waals surface area contributed by atoms with Crippen molar-refractivity contribution in [1.82, 2.24) is 0 Å². The van der Waals surface area contributed by atoms with Crippen LogP contribution in [0.5, 0.6) is 0 Å². The fraction of sp³-hybridized carbons (Fsp3) is 0.556. The SMILES string of the molecule is CCC1CCC(c2ccc(CC(=O)C(C)=O)cc2)CC1. The molecule has 1 aliphatic carbocycles. The number of benzene rings is 1. The number of Topliss-reactive ketones (excluding diaryl/α,β-unsaturated/α-hetero) is 2. The normalized spacial score (nSPS) is 22.5. The van der Waals surface area contributed by atoms with Gasteiger partial charge < -0.3 is 0 Å². The summed E-state index contributed by atoms with van der Waals surface area (Å²) in [5, 5.41) is 0. The van der Waals surface area contributed by atoms with Crippen molar-refractivity contribution in [2.24, 2.45) is 5.92 Å². The van der Waals surface area contributed by atoms with Crippen LogP contribution in [0, 0.1) is 5.92 Å². The van der Waals surface area contributed by atoms with Crippen LogP contribution in [-0.4, -0.2) is 11.6 Å². The van der Waals surface area contributed by atoms with Crippen molar-refractivity contribution >= 4 is 11.6 Å². The minimum Gasteiger partial charge on any atom is -0.291 e. The van der Waals surface area contributed by atoms with Gasteiger partial charge in [0.15, 0.2) is 5.78 Å². The number of carbonyl (C=O) groups excluding carboxylic acids is 2. The molecule has 2 nitrogen and oxygen atoms in total. The first kappa shape index (κ1) is 15.0. The average Bonchev–Trinajstić information content (AvgIpc) is 2.48. The summed E-state index contributed by atoms with van der Waals surface area (Å²) in [5.41, 5.74) is 2.33. The third-order valence-electron chi connectivity index (χ3n) is 4.63. The molecule has 0 bridgehead atoms. The zero-order valence-corrected chi connectivity index (χ0v) is 12.5. The van der Waals surface area contributed by atoms with E-state index in [2.05, 4.69) is 19.1 Å². The van der Waals surface area contributed by atoms with Crippen molar-refractivity contribution in [3.05, 3.63) is 35.4 Å². The second-order valence-corrected chi connectivity index (χ2v) is 6.02. The fourth-order valence-electron chi connectivity index (χ4n) is 3.12. The van der Waals surface area contributed by atoms with Crippen LogP contribution < -0.4 is 0 Å². The van der Waals surface area contributed by atoms with Crippen molar-refractivity contribution < 1.29 is 9.59 Å².